The first-order valence-corrected chi connectivity index (χ1v) is 8.45. The van der Waals surface area contributed by atoms with Crippen LogP contribution in [0.3, 0.4) is 0 Å². The van der Waals surface area contributed by atoms with Crippen molar-refractivity contribution in [3.05, 3.63) is 23.5 Å². The third kappa shape index (κ3) is 2.90. The van der Waals surface area contributed by atoms with E-state index in [0.29, 0.717) is 6.42 Å². The molecule has 0 aromatic carbocycles. The van der Waals surface area contributed by atoms with E-state index in [0.717, 1.165) is 21.7 Å². The molecule has 0 radical (unpaired) electrons. The summed E-state index contributed by atoms with van der Waals surface area (Å²) in [7, 11) is 0. The second kappa shape index (κ2) is 5.63. The first kappa shape index (κ1) is 12.5. The first-order valence-electron chi connectivity index (χ1n) is 6.52. The lowest BCUT2D eigenvalue weighted by Crippen LogP contribution is -2.15. The van der Waals surface area contributed by atoms with E-state index in [4.69, 9.17) is 0 Å². The predicted molar refractivity (Wildman–Crippen MR) is 77.5 cm³/mol. The van der Waals surface area contributed by atoms with Crippen molar-refractivity contribution in [2.75, 3.05) is 5.75 Å². The van der Waals surface area contributed by atoms with E-state index in [9.17, 15) is 5.11 Å². The van der Waals surface area contributed by atoms with Crippen LogP contribution < -0.4 is 0 Å². The summed E-state index contributed by atoms with van der Waals surface area (Å²) in [4.78, 5) is 5.52. The lowest BCUT2D eigenvalue weighted by Gasteiger charge is -2.12. The number of rotatable bonds is 5. The van der Waals surface area contributed by atoms with Gasteiger partial charge >= 0.3 is 0 Å². The molecule has 3 rings (SSSR count). The molecule has 1 atom stereocenters. The van der Waals surface area contributed by atoms with Gasteiger partial charge in [0.2, 0.25) is 0 Å². The number of hydrogen-bond donors (Lipinski definition) is 1. The minimum atomic E-state index is -0.264. The van der Waals surface area contributed by atoms with E-state index in [1.165, 1.54) is 25.7 Å². The van der Waals surface area contributed by atoms with Gasteiger partial charge in [0, 0.05) is 35.2 Å². The molecule has 0 saturated heterocycles. The Morgan fingerprint density at radius 1 is 1.50 bits per heavy atom. The van der Waals surface area contributed by atoms with Crippen molar-refractivity contribution >= 4 is 28.1 Å². The van der Waals surface area contributed by atoms with Gasteiger partial charge in [-0.3, -0.25) is 4.40 Å². The zero-order valence-corrected chi connectivity index (χ0v) is 11.9. The molecule has 5 heteroatoms. The Morgan fingerprint density at radius 3 is 3.11 bits per heavy atom. The van der Waals surface area contributed by atoms with Crippen LogP contribution in [0.2, 0.25) is 0 Å². The van der Waals surface area contributed by atoms with Crippen LogP contribution >= 0.6 is 23.1 Å². The molecule has 2 heterocycles. The Hall–Kier alpha value is -0.520. The van der Waals surface area contributed by atoms with Gasteiger partial charge in [0.25, 0.3) is 0 Å². The van der Waals surface area contributed by atoms with E-state index >= 15 is 0 Å². The van der Waals surface area contributed by atoms with Gasteiger partial charge in [0.1, 0.15) is 0 Å². The Bertz CT molecular complexity index is 473. The zero-order valence-electron chi connectivity index (χ0n) is 10.3. The fourth-order valence-corrected chi connectivity index (χ4v) is 4.47. The zero-order chi connectivity index (χ0) is 12.4. The standard InChI is InChI=1S/C13H18N2OS2/c16-11(9-18-12-3-1-2-4-12)7-10-8-15-5-6-17-13(15)14-10/h5-6,8,11-12,16H,1-4,7,9H2. The minimum absolute atomic E-state index is 0.264. The van der Waals surface area contributed by atoms with Gasteiger partial charge in [-0.25, -0.2) is 4.98 Å². The van der Waals surface area contributed by atoms with Crippen molar-refractivity contribution in [2.24, 2.45) is 0 Å². The van der Waals surface area contributed by atoms with Crippen molar-refractivity contribution in [1.82, 2.24) is 9.38 Å². The molecule has 1 fully saturated rings. The quantitative estimate of drug-likeness (QED) is 0.916. The average molecular weight is 282 g/mol. The number of hydrogen-bond acceptors (Lipinski definition) is 4. The molecular weight excluding hydrogens is 264 g/mol. The molecule has 1 N–H and O–H groups in total. The number of thioether (sulfide) groups is 1. The Kier molecular flexibility index (Phi) is 3.91. The number of fused-ring (bicyclic) bond motifs is 1. The number of aliphatic hydroxyl groups is 1. The van der Waals surface area contributed by atoms with Crippen LogP contribution in [-0.2, 0) is 6.42 Å². The van der Waals surface area contributed by atoms with E-state index in [1.807, 2.05) is 33.9 Å². The SMILES string of the molecule is OC(CSC1CCCC1)Cc1cn2ccsc2n1. The third-order valence-electron chi connectivity index (χ3n) is 3.41. The molecule has 98 valence electrons. The number of thiazole rings is 1. The van der Waals surface area contributed by atoms with Crippen molar-refractivity contribution in [3.8, 4) is 0 Å². The van der Waals surface area contributed by atoms with Crippen LogP contribution in [0.4, 0.5) is 0 Å². The van der Waals surface area contributed by atoms with E-state index in [2.05, 4.69) is 4.98 Å². The van der Waals surface area contributed by atoms with Gasteiger partial charge in [-0.15, -0.1) is 11.3 Å². The fraction of sp³-hybridized carbons (Fsp3) is 0.615. The summed E-state index contributed by atoms with van der Waals surface area (Å²) < 4.78 is 2.02. The van der Waals surface area contributed by atoms with E-state index in [-0.39, 0.29) is 6.10 Å². The molecule has 3 nitrogen and oxygen atoms in total. The van der Waals surface area contributed by atoms with Gasteiger partial charge in [0.15, 0.2) is 4.96 Å². The maximum absolute atomic E-state index is 10.1. The number of aliphatic hydroxyl groups excluding tert-OH is 1. The van der Waals surface area contributed by atoms with E-state index in [1.54, 1.807) is 11.3 Å². The second-order valence-electron chi connectivity index (χ2n) is 4.92. The van der Waals surface area contributed by atoms with E-state index < -0.39 is 0 Å². The topological polar surface area (TPSA) is 37.5 Å². The molecule has 0 aliphatic heterocycles. The van der Waals surface area contributed by atoms with Crippen LogP contribution in [0.15, 0.2) is 17.8 Å². The molecule has 1 saturated carbocycles. The van der Waals surface area contributed by atoms with Crippen LogP contribution in [-0.4, -0.2) is 31.6 Å². The van der Waals surface area contributed by atoms with Crippen LogP contribution in [0.25, 0.3) is 4.96 Å². The van der Waals surface area contributed by atoms with Gasteiger partial charge in [0.05, 0.1) is 11.8 Å². The molecule has 1 aliphatic rings. The molecule has 1 unspecified atom stereocenters. The molecule has 2 aromatic heterocycles. The normalized spacial score (nSPS) is 18.7. The van der Waals surface area contributed by atoms with Crippen molar-refractivity contribution in [3.63, 3.8) is 0 Å². The molecule has 18 heavy (non-hydrogen) atoms. The Balaban J connectivity index is 1.50. The van der Waals surface area contributed by atoms with Crippen molar-refractivity contribution in [2.45, 2.75) is 43.5 Å². The second-order valence-corrected chi connectivity index (χ2v) is 7.13. The molecule has 0 spiro atoms. The fourth-order valence-electron chi connectivity index (χ4n) is 2.48. The predicted octanol–water partition coefficient (Wildman–Crippen LogP) is 2.98. The highest BCUT2D eigenvalue weighted by Crippen LogP contribution is 2.30. The van der Waals surface area contributed by atoms with Crippen molar-refractivity contribution in [1.29, 1.82) is 0 Å². The summed E-state index contributed by atoms with van der Waals surface area (Å²) in [6.45, 7) is 0. The molecule has 0 amide bonds. The molecular formula is C13H18N2OS2. The summed E-state index contributed by atoms with van der Waals surface area (Å²) in [6.07, 6.45) is 9.84. The van der Waals surface area contributed by atoms with Crippen LogP contribution in [0.1, 0.15) is 31.4 Å². The third-order valence-corrected chi connectivity index (χ3v) is 5.71. The molecule has 1 aliphatic carbocycles. The van der Waals surface area contributed by atoms with Crippen LogP contribution in [0, 0.1) is 0 Å². The Labute approximate surface area is 115 Å². The highest BCUT2D eigenvalue weighted by Gasteiger charge is 2.17. The summed E-state index contributed by atoms with van der Waals surface area (Å²) in [5.74, 6) is 0.843. The summed E-state index contributed by atoms with van der Waals surface area (Å²) in [5, 5.41) is 12.9. The van der Waals surface area contributed by atoms with Gasteiger partial charge in [-0.1, -0.05) is 12.8 Å². The van der Waals surface area contributed by atoms with Gasteiger partial charge in [-0.05, 0) is 12.8 Å². The van der Waals surface area contributed by atoms with Crippen LogP contribution in [0.5, 0.6) is 0 Å². The van der Waals surface area contributed by atoms with Gasteiger partial charge in [-0.2, -0.15) is 11.8 Å². The first-order chi connectivity index (χ1) is 8.81. The highest BCUT2D eigenvalue weighted by molar-refractivity contribution is 7.99. The summed E-state index contributed by atoms with van der Waals surface area (Å²) in [6, 6.07) is 0. The maximum atomic E-state index is 10.1. The lowest BCUT2D eigenvalue weighted by atomic mass is 10.2. The molecule has 2 aromatic rings. The maximum Gasteiger partial charge on any atom is 0.193 e. The summed E-state index contributed by atoms with van der Waals surface area (Å²) >= 11 is 3.57. The largest absolute Gasteiger partial charge is 0.392 e. The Morgan fingerprint density at radius 2 is 2.33 bits per heavy atom. The number of imidazole rings is 1. The monoisotopic (exact) mass is 282 g/mol. The lowest BCUT2D eigenvalue weighted by molar-refractivity contribution is 0.199. The highest BCUT2D eigenvalue weighted by atomic mass is 32.2. The van der Waals surface area contributed by atoms with Crippen molar-refractivity contribution < 1.29 is 5.11 Å². The number of aromatic nitrogens is 2. The number of nitrogens with zero attached hydrogens (tertiary/aromatic N) is 2. The average Bonchev–Trinajstić information content (AvgIpc) is 3.01. The smallest absolute Gasteiger partial charge is 0.193 e. The minimum Gasteiger partial charge on any atom is -0.392 e. The summed E-state index contributed by atoms with van der Waals surface area (Å²) in [5.41, 5.74) is 1.00. The van der Waals surface area contributed by atoms with Gasteiger partial charge < -0.3 is 5.11 Å². The molecule has 0 bridgehead atoms.